The lowest BCUT2D eigenvalue weighted by atomic mass is 9.32. The first-order chi connectivity index (χ1) is 13.9. The minimum atomic E-state index is -0.160. The lowest BCUT2D eigenvalue weighted by Crippen LogP contribution is -2.85. The van der Waals surface area contributed by atoms with Crippen molar-refractivity contribution in [1.82, 2.24) is 4.90 Å². The zero-order chi connectivity index (χ0) is 19.8. The zero-order valence-electron chi connectivity index (χ0n) is 17.7. The van der Waals surface area contributed by atoms with Gasteiger partial charge in [0.15, 0.2) is 0 Å². The highest BCUT2D eigenvalue weighted by Gasteiger charge is 2.82. The van der Waals surface area contributed by atoms with Crippen molar-refractivity contribution >= 4 is 5.97 Å². The molecule has 4 saturated heterocycles. The van der Waals surface area contributed by atoms with Crippen LogP contribution in [0.25, 0.3) is 0 Å². The molecule has 0 N–H and O–H groups in total. The van der Waals surface area contributed by atoms with Crippen molar-refractivity contribution in [1.29, 1.82) is 0 Å². The fourth-order valence-electron chi connectivity index (χ4n) is 10.1. The molecule has 10 atom stereocenters. The van der Waals surface area contributed by atoms with Crippen molar-refractivity contribution < 1.29 is 19.0 Å². The summed E-state index contributed by atoms with van der Waals surface area (Å²) < 4.78 is 19.6. The minimum Gasteiger partial charge on any atom is -0.459 e. The summed E-state index contributed by atoms with van der Waals surface area (Å²) in [5.41, 5.74) is 1.66. The quantitative estimate of drug-likeness (QED) is 0.499. The number of esters is 1. The van der Waals surface area contributed by atoms with E-state index in [0.717, 1.165) is 26.0 Å². The van der Waals surface area contributed by atoms with Crippen LogP contribution in [0.1, 0.15) is 58.8 Å². The smallest absolute Gasteiger partial charge is 0.303 e. The average molecular weight is 400 g/mol. The second kappa shape index (κ2) is 5.28. The van der Waals surface area contributed by atoms with Gasteiger partial charge in [0, 0.05) is 35.6 Å². The number of hydrogen-bond acceptors (Lipinski definition) is 5. The first kappa shape index (κ1) is 17.7. The van der Waals surface area contributed by atoms with Gasteiger partial charge in [0.2, 0.25) is 0 Å². The molecule has 2 spiro atoms. The molecule has 4 aliphatic heterocycles. The Morgan fingerprint density at radius 3 is 2.93 bits per heavy atom. The molecule has 29 heavy (non-hydrogen) atoms. The van der Waals surface area contributed by atoms with E-state index in [1.54, 1.807) is 6.92 Å². The van der Waals surface area contributed by atoms with Gasteiger partial charge in [-0.2, -0.15) is 0 Å². The summed E-state index contributed by atoms with van der Waals surface area (Å²) in [6.07, 6.45) is 8.49. The third-order valence-electron chi connectivity index (χ3n) is 10.6. The van der Waals surface area contributed by atoms with Gasteiger partial charge < -0.3 is 14.2 Å². The number of fused-ring (bicyclic) bond motifs is 4. The number of ether oxygens (including phenoxy) is 3. The van der Waals surface area contributed by atoms with E-state index in [-0.39, 0.29) is 46.9 Å². The van der Waals surface area contributed by atoms with Crippen LogP contribution in [0, 0.1) is 34.0 Å². The summed E-state index contributed by atoms with van der Waals surface area (Å²) in [4.78, 5) is 14.9. The maximum absolute atomic E-state index is 12.3. The van der Waals surface area contributed by atoms with Crippen LogP contribution < -0.4 is 0 Å². The molecule has 0 radical (unpaired) electrons. The van der Waals surface area contributed by atoms with Crippen molar-refractivity contribution in [2.75, 3.05) is 13.2 Å². The monoisotopic (exact) mass is 399 g/mol. The van der Waals surface area contributed by atoms with Crippen molar-refractivity contribution in [3.05, 3.63) is 12.2 Å². The number of nitrogens with zero attached hydrogens (tertiary/aromatic N) is 1. The van der Waals surface area contributed by atoms with Gasteiger partial charge in [-0.3, -0.25) is 4.79 Å². The summed E-state index contributed by atoms with van der Waals surface area (Å²) in [5.74, 6) is 1.54. The van der Waals surface area contributed by atoms with Crippen LogP contribution >= 0.6 is 0 Å². The number of piperidine rings is 1. The fraction of sp³-hybridized carbons (Fsp3) is 0.875. The molecule has 158 valence electrons. The average Bonchev–Trinajstić information content (AvgIpc) is 3.17. The number of carbonyl (C=O) groups is 1. The second-order valence-electron chi connectivity index (χ2n) is 11.5. The fourth-order valence-corrected chi connectivity index (χ4v) is 10.1. The molecule has 6 unspecified atom stereocenters. The molecular weight excluding hydrogens is 366 g/mol. The lowest BCUT2D eigenvalue weighted by Gasteiger charge is -2.80. The molecule has 0 aromatic rings. The van der Waals surface area contributed by atoms with E-state index in [2.05, 4.69) is 18.4 Å². The zero-order valence-corrected chi connectivity index (χ0v) is 17.7. The van der Waals surface area contributed by atoms with E-state index >= 15 is 0 Å². The van der Waals surface area contributed by atoms with Gasteiger partial charge >= 0.3 is 5.97 Å². The Hall–Kier alpha value is -0.910. The molecule has 5 nitrogen and oxygen atoms in total. The molecule has 0 aromatic carbocycles. The topological polar surface area (TPSA) is 48.0 Å². The summed E-state index contributed by atoms with van der Waals surface area (Å²) in [7, 11) is 0. The van der Waals surface area contributed by atoms with Crippen molar-refractivity contribution in [3.63, 3.8) is 0 Å². The predicted molar refractivity (Wildman–Crippen MR) is 106 cm³/mol. The highest BCUT2D eigenvalue weighted by Crippen LogP contribution is 2.79. The summed E-state index contributed by atoms with van der Waals surface area (Å²) in [5, 5.41) is 0. The van der Waals surface area contributed by atoms with E-state index in [9.17, 15) is 4.79 Å². The minimum absolute atomic E-state index is 0.00486. The Morgan fingerprint density at radius 1 is 1.28 bits per heavy atom. The molecule has 5 heteroatoms. The molecule has 7 bridgehead atoms. The Kier molecular flexibility index (Phi) is 3.23. The van der Waals surface area contributed by atoms with Gasteiger partial charge in [0.25, 0.3) is 0 Å². The highest BCUT2D eigenvalue weighted by atomic mass is 16.6. The lowest BCUT2D eigenvalue weighted by molar-refractivity contribution is -0.438. The van der Waals surface area contributed by atoms with Crippen LogP contribution in [0.5, 0.6) is 0 Å². The number of rotatable bonds is 1. The van der Waals surface area contributed by atoms with Crippen LogP contribution in [0.2, 0.25) is 0 Å². The third kappa shape index (κ3) is 1.77. The number of allylic oxidation sites excluding steroid dienone is 1. The summed E-state index contributed by atoms with van der Waals surface area (Å²) in [6.45, 7) is 10.2. The van der Waals surface area contributed by atoms with Crippen LogP contribution in [-0.4, -0.2) is 48.7 Å². The largest absolute Gasteiger partial charge is 0.459 e. The summed E-state index contributed by atoms with van der Waals surface area (Å²) in [6, 6.07) is 0. The molecular formula is C24H33NO4. The van der Waals surface area contributed by atoms with Gasteiger partial charge in [-0.1, -0.05) is 25.5 Å². The van der Waals surface area contributed by atoms with E-state index in [1.165, 1.54) is 37.7 Å². The third-order valence-corrected chi connectivity index (χ3v) is 10.6. The van der Waals surface area contributed by atoms with E-state index < -0.39 is 0 Å². The number of carbonyl (C=O) groups excluding carboxylic acids is 1. The van der Waals surface area contributed by atoms with E-state index in [1.807, 2.05) is 0 Å². The van der Waals surface area contributed by atoms with Crippen LogP contribution in [0.15, 0.2) is 12.2 Å². The molecule has 9 fully saturated rings. The molecule has 5 saturated carbocycles. The number of hydrogen-bond donors (Lipinski definition) is 0. The first-order valence-corrected chi connectivity index (χ1v) is 11.8. The van der Waals surface area contributed by atoms with Gasteiger partial charge in [-0.25, -0.2) is 4.90 Å². The maximum atomic E-state index is 12.3. The normalized spacial score (nSPS) is 59.4. The molecule has 0 aromatic heterocycles. The van der Waals surface area contributed by atoms with Crippen LogP contribution in [-0.2, 0) is 19.0 Å². The van der Waals surface area contributed by atoms with Crippen molar-refractivity contribution in [2.24, 2.45) is 34.0 Å². The maximum Gasteiger partial charge on any atom is 0.303 e. The Morgan fingerprint density at radius 2 is 2.14 bits per heavy atom. The molecule has 4 heterocycles. The summed E-state index contributed by atoms with van der Waals surface area (Å²) >= 11 is 0. The standard InChI is InChI=1S/C24H33NO4/c1-13-12-23-8-5-15(13)11-16(23)24-7-4-6-22(3)18(24)17(28-14(2)26)19(23)29-21(24)25-9-10-27-20(22)25/h15-21H,1,4-12H2,2-3H3/t15?,16-,17+,18-,19?,20?,21?,22-,23?,24?/m1/s1. The van der Waals surface area contributed by atoms with Gasteiger partial charge in [-0.15, -0.1) is 0 Å². The molecule has 5 aliphatic carbocycles. The predicted octanol–water partition coefficient (Wildman–Crippen LogP) is 3.48. The van der Waals surface area contributed by atoms with Crippen LogP contribution in [0.4, 0.5) is 0 Å². The van der Waals surface area contributed by atoms with Gasteiger partial charge in [-0.05, 0) is 50.4 Å². The molecule has 9 rings (SSSR count). The van der Waals surface area contributed by atoms with Crippen molar-refractivity contribution in [3.8, 4) is 0 Å². The Balaban J connectivity index is 1.47. The first-order valence-electron chi connectivity index (χ1n) is 11.8. The van der Waals surface area contributed by atoms with Gasteiger partial charge in [0.1, 0.15) is 24.7 Å². The molecule has 9 aliphatic rings. The van der Waals surface area contributed by atoms with Crippen molar-refractivity contribution in [2.45, 2.75) is 83.5 Å². The highest BCUT2D eigenvalue weighted by molar-refractivity contribution is 5.66. The Bertz CT molecular complexity index is 813. The molecule has 0 amide bonds. The van der Waals surface area contributed by atoms with Crippen LogP contribution in [0.3, 0.4) is 0 Å². The second-order valence-corrected chi connectivity index (χ2v) is 11.5. The van der Waals surface area contributed by atoms with Gasteiger partial charge in [0.05, 0.1) is 6.61 Å². The SMILES string of the molecule is C=C1CC23CCC1C[C@H]2C12CCC[C@@]4(C)C5OCCN5C1OC3[C@@H](OC(C)=O)[C@@H]24. The van der Waals surface area contributed by atoms with E-state index in [4.69, 9.17) is 14.2 Å². The Labute approximate surface area is 173 Å². The van der Waals surface area contributed by atoms with E-state index in [0.29, 0.717) is 17.8 Å².